The molecule has 0 unspecified atom stereocenters. The smallest absolute Gasteiger partial charge is 0.132 e. The first-order valence-electron chi connectivity index (χ1n) is 9.01. The van der Waals surface area contributed by atoms with Gasteiger partial charge in [-0.05, 0) is 29.8 Å². The molecule has 7 N–H and O–H groups in total. The number of nitrogens with one attached hydrogen (secondary N) is 3. The van der Waals surface area contributed by atoms with E-state index in [1.54, 1.807) is 25.5 Å². The molecule has 2 aromatic heterocycles. The van der Waals surface area contributed by atoms with Crippen LogP contribution >= 0.6 is 0 Å². The first-order chi connectivity index (χ1) is 14.1. The topological polar surface area (TPSA) is 126 Å². The van der Waals surface area contributed by atoms with Crippen LogP contribution < -0.4 is 22.1 Å². The fourth-order valence-corrected chi connectivity index (χ4v) is 2.81. The van der Waals surface area contributed by atoms with Crippen molar-refractivity contribution in [1.29, 1.82) is 5.41 Å². The maximum absolute atomic E-state index is 7.56. The Morgan fingerprint density at radius 1 is 1.03 bits per heavy atom. The van der Waals surface area contributed by atoms with Gasteiger partial charge in [0, 0.05) is 48.6 Å². The van der Waals surface area contributed by atoms with Gasteiger partial charge in [-0.15, -0.1) is 0 Å². The van der Waals surface area contributed by atoms with Crippen molar-refractivity contribution < 1.29 is 0 Å². The van der Waals surface area contributed by atoms with Crippen molar-refractivity contribution in [3.63, 3.8) is 0 Å². The van der Waals surface area contributed by atoms with Gasteiger partial charge in [-0.3, -0.25) is 4.98 Å². The normalized spacial score (nSPS) is 12.7. The minimum absolute atomic E-state index is 0.414. The average molecular weight is 385 g/mol. The van der Waals surface area contributed by atoms with Gasteiger partial charge in [-0.2, -0.15) is 0 Å². The molecule has 0 aliphatic carbocycles. The van der Waals surface area contributed by atoms with Gasteiger partial charge in [0.25, 0.3) is 0 Å². The lowest BCUT2D eigenvalue weighted by molar-refractivity contribution is 1.11. The van der Waals surface area contributed by atoms with Gasteiger partial charge in [0.2, 0.25) is 0 Å². The molecule has 1 aromatic carbocycles. The van der Waals surface area contributed by atoms with E-state index in [1.807, 2.05) is 48.5 Å². The van der Waals surface area contributed by atoms with E-state index in [0.717, 1.165) is 22.2 Å². The summed E-state index contributed by atoms with van der Waals surface area (Å²) in [6.07, 6.45) is 8.01. The van der Waals surface area contributed by atoms with Gasteiger partial charge in [-0.1, -0.05) is 30.3 Å². The molecule has 0 saturated heterocycles. The Morgan fingerprint density at radius 3 is 2.52 bits per heavy atom. The summed E-state index contributed by atoms with van der Waals surface area (Å²) in [6.45, 7) is 0. The minimum atomic E-state index is 0.414. The Balaban J connectivity index is 1.87. The van der Waals surface area contributed by atoms with Crippen molar-refractivity contribution in [2.45, 2.75) is 0 Å². The number of nitrogens with zero attached hydrogens (tertiary/aromatic N) is 2. The van der Waals surface area contributed by atoms with E-state index in [9.17, 15) is 0 Å². The molecule has 2 heterocycles. The zero-order valence-corrected chi connectivity index (χ0v) is 16.1. The van der Waals surface area contributed by atoms with Crippen molar-refractivity contribution in [3.05, 3.63) is 90.2 Å². The second-order valence-electron chi connectivity index (χ2n) is 6.20. The number of pyridine rings is 2. The highest BCUT2D eigenvalue weighted by Crippen LogP contribution is 2.20. The standard InChI is InChI=1S/C22H23N7/c1-26-13-18(12-24)17-9-20-19(27-14-17)7-8-22(28-20)29-21(25)10-16(11-23)15-5-3-2-4-6-15/h2-14,24,26H,23,25H2,1H3,(H,28,29)/b16-11+,18-13+,21-10+,24-12?. The van der Waals surface area contributed by atoms with Crippen LogP contribution in [0, 0.1) is 5.41 Å². The highest BCUT2D eigenvalue weighted by Gasteiger charge is 2.05. The largest absolute Gasteiger partial charge is 0.404 e. The molecule has 29 heavy (non-hydrogen) atoms. The third kappa shape index (κ3) is 4.78. The summed E-state index contributed by atoms with van der Waals surface area (Å²) in [5, 5.41) is 13.6. The number of benzene rings is 1. The lowest BCUT2D eigenvalue weighted by Crippen LogP contribution is -2.10. The first-order valence-corrected chi connectivity index (χ1v) is 9.01. The summed E-state index contributed by atoms with van der Waals surface area (Å²) in [5.74, 6) is 1.00. The predicted molar refractivity (Wildman–Crippen MR) is 120 cm³/mol. The minimum Gasteiger partial charge on any atom is -0.404 e. The van der Waals surface area contributed by atoms with Crippen molar-refractivity contribution in [2.75, 3.05) is 12.4 Å². The third-order valence-corrected chi connectivity index (χ3v) is 4.20. The molecule has 0 fully saturated rings. The highest BCUT2D eigenvalue weighted by molar-refractivity contribution is 6.08. The van der Waals surface area contributed by atoms with E-state index >= 15 is 0 Å². The number of anilines is 1. The summed E-state index contributed by atoms with van der Waals surface area (Å²) in [7, 11) is 1.78. The summed E-state index contributed by atoms with van der Waals surface area (Å²) in [5.41, 5.74) is 16.6. The summed E-state index contributed by atoms with van der Waals surface area (Å²) in [6, 6.07) is 15.3. The van der Waals surface area contributed by atoms with Crippen molar-refractivity contribution in [2.24, 2.45) is 11.5 Å². The lowest BCUT2D eigenvalue weighted by atomic mass is 10.1. The second-order valence-corrected chi connectivity index (χ2v) is 6.20. The highest BCUT2D eigenvalue weighted by atomic mass is 15.1. The summed E-state index contributed by atoms with van der Waals surface area (Å²) >= 11 is 0. The number of hydrogen-bond acceptors (Lipinski definition) is 7. The number of rotatable bonds is 7. The first kappa shape index (κ1) is 19.6. The molecular weight excluding hydrogens is 362 g/mol. The van der Waals surface area contributed by atoms with Crippen LogP contribution in [-0.4, -0.2) is 23.2 Å². The van der Waals surface area contributed by atoms with E-state index in [-0.39, 0.29) is 0 Å². The molecule has 0 aliphatic rings. The Hall–Kier alpha value is -4.13. The molecule has 0 aliphatic heterocycles. The van der Waals surface area contributed by atoms with E-state index < -0.39 is 0 Å². The van der Waals surface area contributed by atoms with Gasteiger partial charge >= 0.3 is 0 Å². The van der Waals surface area contributed by atoms with Crippen molar-refractivity contribution >= 4 is 34.2 Å². The van der Waals surface area contributed by atoms with E-state index in [1.165, 1.54) is 12.4 Å². The number of aromatic nitrogens is 2. The molecule has 146 valence electrons. The summed E-state index contributed by atoms with van der Waals surface area (Å²) < 4.78 is 0. The molecule has 0 atom stereocenters. The Morgan fingerprint density at radius 2 is 1.83 bits per heavy atom. The Labute approximate surface area is 169 Å². The summed E-state index contributed by atoms with van der Waals surface area (Å²) in [4.78, 5) is 9.01. The van der Waals surface area contributed by atoms with E-state index in [0.29, 0.717) is 22.7 Å². The third-order valence-electron chi connectivity index (χ3n) is 4.20. The van der Waals surface area contributed by atoms with Gasteiger partial charge < -0.3 is 27.5 Å². The Kier molecular flexibility index (Phi) is 6.22. The number of allylic oxidation sites excluding steroid dienone is 3. The monoisotopic (exact) mass is 385 g/mol. The van der Waals surface area contributed by atoms with E-state index in [4.69, 9.17) is 16.9 Å². The molecule has 3 aromatic rings. The maximum atomic E-state index is 7.56. The molecule has 3 rings (SSSR count). The predicted octanol–water partition coefficient (Wildman–Crippen LogP) is 3.05. The zero-order chi connectivity index (χ0) is 20.6. The number of nitrogens with two attached hydrogens (primary N) is 2. The van der Waals surface area contributed by atoms with Crippen molar-refractivity contribution in [3.8, 4) is 0 Å². The van der Waals surface area contributed by atoms with Crippen LogP contribution in [0.4, 0.5) is 5.82 Å². The van der Waals surface area contributed by atoms with Gasteiger partial charge in [-0.25, -0.2) is 4.98 Å². The fourth-order valence-electron chi connectivity index (χ4n) is 2.81. The van der Waals surface area contributed by atoms with Gasteiger partial charge in [0.15, 0.2) is 0 Å². The molecule has 0 radical (unpaired) electrons. The molecular formula is C22H23N7. The quantitative estimate of drug-likeness (QED) is 0.314. The van der Waals surface area contributed by atoms with Crippen LogP contribution in [0.2, 0.25) is 0 Å². The van der Waals surface area contributed by atoms with Gasteiger partial charge in [0.1, 0.15) is 11.6 Å². The molecule has 7 nitrogen and oxygen atoms in total. The lowest BCUT2D eigenvalue weighted by Gasteiger charge is -2.09. The molecule has 0 saturated carbocycles. The van der Waals surface area contributed by atoms with Crippen LogP contribution in [0.25, 0.3) is 22.2 Å². The zero-order valence-electron chi connectivity index (χ0n) is 16.1. The van der Waals surface area contributed by atoms with Gasteiger partial charge in [0.05, 0.1) is 11.0 Å². The number of hydrogen-bond donors (Lipinski definition) is 5. The van der Waals surface area contributed by atoms with Crippen LogP contribution in [0.5, 0.6) is 0 Å². The van der Waals surface area contributed by atoms with E-state index in [2.05, 4.69) is 20.6 Å². The maximum Gasteiger partial charge on any atom is 0.132 e. The molecule has 7 heteroatoms. The average Bonchev–Trinajstić information content (AvgIpc) is 2.76. The number of fused-ring (bicyclic) bond motifs is 1. The van der Waals surface area contributed by atoms with Crippen LogP contribution in [0.3, 0.4) is 0 Å². The second kappa shape index (κ2) is 9.18. The van der Waals surface area contributed by atoms with Crippen LogP contribution in [0.15, 0.2) is 79.0 Å². The fraction of sp³-hybridized carbons (Fsp3) is 0.0455. The van der Waals surface area contributed by atoms with Crippen molar-refractivity contribution in [1.82, 2.24) is 15.3 Å². The molecule has 0 amide bonds. The Bertz CT molecular complexity index is 1100. The van der Waals surface area contributed by atoms with Crippen LogP contribution in [-0.2, 0) is 0 Å². The van der Waals surface area contributed by atoms with Crippen LogP contribution in [0.1, 0.15) is 11.1 Å². The molecule has 0 bridgehead atoms. The molecule has 0 spiro atoms. The SMILES string of the molecule is CN/C=C(\C=N)c1cnc2ccc(N/C(N)=C/C(=C\N)c3ccccc3)nc2c1.